The predicted molar refractivity (Wildman–Crippen MR) is 418 cm³/mol. The summed E-state index contributed by atoms with van der Waals surface area (Å²) < 4.78 is 0. The molecule has 0 N–H and O–H groups in total. The van der Waals surface area contributed by atoms with Crippen molar-refractivity contribution < 1.29 is 0 Å². The van der Waals surface area contributed by atoms with E-state index in [-0.39, 0.29) is 0 Å². The first-order valence-corrected chi connectivity index (χ1v) is 40.1. The number of aromatic nitrogens is 18. The molecule has 0 saturated carbocycles. The van der Waals surface area contributed by atoms with Gasteiger partial charge in [-0.15, -0.1) is 122 Å². The lowest BCUT2D eigenvalue weighted by Crippen LogP contribution is -2.00. The summed E-state index contributed by atoms with van der Waals surface area (Å²) in [5.41, 5.74) is 16.3. The van der Waals surface area contributed by atoms with E-state index < -0.39 is 0 Å². The normalized spacial score (nSPS) is 11.4. The Morgan fingerprint density at radius 1 is 0.186 bits per heavy atom. The van der Waals surface area contributed by atoms with Crippen LogP contribution in [0.4, 0.5) is 0 Å². The van der Waals surface area contributed by atoms with Crippen LogP contribution >= 0.6 is 70.6 Å². The van der Waals surface area contributed by atoms with Crippen LogP contribution in [0.1, 0.15) is 80.1 Å². The standard InChI is InChI=1S/C78H72N18S6/c1-7-31-97-49-37-67(55-17-13-15-29-79-55)81-69(39-49)57-19-21-59(89-87-57)71-41-51(99-33-9-3)43-73(83-71)61-23-25-63(93-91-61)75-45-53(101-35-11-5)47-77(85-75)65-27-28-66(96-95-65)78-48-54(102-36-12-6)46-76(86-78)64-26-24-62(92-94-64)74-44-52(100-34-10-4)42-72(84-74)60-22-20-58(88-90-60)70-40-50(98-32-8-2)38-68(82-70)56-18-14-16-30-80-56/h13-30,37-48H,7-12,31-36H2,1-6H3. The highest BCUT2D eigenvalue weighted by Crippen LogP contribution is 2.37. The van der Waals surface area contributed by atoms with Gasteiger partial charge in [0.2, 0.25) is 0 Å². The molecule has 0 amide bonds. The van der Waals surface area contributed by atoms with E-state index in [2.05, 4.69) is 124 Å². The summed E-state index contributed by atoms with van der Waals surface area (Å²) in [5, 5.41) is 47.6. The third-order valence-electron chi connectivity index (χ3n) is 15.4. The van der Waals surface area contributed by atoms with Gasteiger partial charge in [-0.05, 0) is 231 Å². The molecule has 0 aromatic carbocycles. The fraction of sp³-hybridized carbons (Fsp3) is 0.231. The van der Waals surface area contributed by atoms with Crippen molar-refractivity contribution in [2.75, 3.05) is 34.5 Å². The minimum Gasteiger partial charge on any atom is -0.255 e. The minimum absolute atomic E-state index is 0.606. The van der Waals surface area contributed by atoms with Crippen molar-refractivity contribution >= 4 is 70.6 Å². The van der Waals surface area contributed by atoms with Crippen molar-refractivity contribution in [1.82, 2.24) is 90.9 Å². The molecule has 0 aliphatic carbocycles. The topological polar surface area (TPSA) is 232 Å². The maximum atomic E-state index is 5.15. The third kappa shape index (κ3) is 18.1. The Hall–Kier alpha value is -9.30. The van der Waals surface area contributed by atoms with Crippen molar-refractivity contribution in [3.05, 3.63) is 182 Å². The monoisotopic (exact) mass is 1450 g/mol. The van der Waals surface area contributed by atoms with Crippen molar-refractivity contribution in [3.8, 4) is 137 Å². The minimum atomic E-state index is 0.606. The van der Waals surface area contributed by atoms with Crippen molar-refractivity contribution in [1.29, 1.82) is 0 Å². The van der Waals surface area contributed by atoms with Crippen LogP contribution in [0.5, 0.6) is 0 Å². The Morgan fingerprint density at radius 3 is 0.471 bits per heavy atom. The molecule has 510 valence electrons. The van der Waals surface area contributed by atoms with Crippen LogP contribution in [0.25, 0.3) is 137 Å². The zero-order valence-corrected chi connectivity index (χ0v) is 62.2. The molecular formula is C78H72N18S6. The van der Waals surface area contributed by atoms with Crippen LogP contribution < -0.4 is 0 Å². The molecule has 0 bridgehead atoms. The highest BCUT2D eigenvalue weighted by molar-refractivity contribution is 8.00. The van der Waals surface area contributed by atoms with E-state index in [0.29, 0.717) is 102 Å². The Balaban J connectivity index is 0.744. The lowest BCUT2D eigenvalue weighted by molar-refractivity contribution is 1.00. The number of hydrogen-bond acceptors (Lipinski definition) is 24. The lowest BCUT2D eigenvalue weighted by atomic mass is 10.1. The van der Waals surface area contributed by atoms with E-state index in [9.17, 15) is 0 Å². The quantitative estimate of drug-likeness (QED) is 0.0381. The average Bonchev–Trinajstić information content (AvgIpc) is 0.808. The van der Waals surface area contributed by atoms with Gasteiger partial charge in [-0.3, -0.25) is 9.97 Å². The molecule has 0 unspecified atom stereocenters. The van der Waals surface area contributed by atoms with Gasteiger partial charge in [0, 0.05) is 41.8 Å². The van der Waals surface area contributed by atoms with Crippen LogP contribution in [0.2, 0.25) is 0 Å². The van der Waals surface area contributed by atoms with Crippen molar-refractivity contribution in [3.63, 3.8) is 0 Å². The van der Waals surface area contributed by atoms with Gasteiger partial charge >= 0.3 is 0 Å². The van der Waals surface area contributed by atoms with Crippen LogP contribution in [0.3, 0.4) is 0 Å². The molecule has 0 radical (unpaired) electrons. The molecule has 0 spiro atoms. The van der Waals surface area contributed by atoms with Gasteiger partial charge in [-0.25, -0.2) is 29.9 Å². The summed E-state index contributed by atoms with van der Waals surface area (Å²) in [6.45, 7) is 13.1. The summed E-state index contributed by atoms with van der Waals surface area (Å²) in [5.74, 6) is 5.70. The number of pyridine rings is 8. The molecule has 13 aromatic heterocycles. The molecule has 102 heavy (non-hydrogen) atoms. The maximum absolute atomic E-state index is 5.15. The molecule has 0 atom stereocenters. The van der Waals surface area contributed by atoms with E-state index in [0.717, 1.165) is 137 Å². The number of rotatable bonds is 30. The molecular weight excluding hydrogens is 1380 g/mol. The van der Waals surface area contributed by atoms with Gasteiger partial charge < -0.3 is 0 Å². The second kappa shape index (κ2) is 35.1. The van der Waals surface area contributed by atoms with E-state index in [1.165, 1.54) is 0 Å². The van der Waals surface area contributed by atoms with Crippen LogP contribution in [-0.4, -0.2) is 125 Å². The number of thioether (sulfide) groups is 6. The average molecular weight is 1450 g/mol. The zero-order valence-electron chi connectivity index (χ0n) is 57.3. The molecule has 0 saturated heterocycles. The molecule has 0 fully saturated rings. The second-order valence-electron chi connectivity index (χ2n) is 23.5. The predicted octanol–water partition coefficient (Wildman–Crippen LogP) is 19.8. The summed E-state index contributed by atoms with van der Waals surface area (Å²) in [6.07, 6.45) is 9.70. The van der Waals surface area contributed by atoms with Crippen LogP contribution in [-0.2, 0) is 0 Å². The summed E-state index contributed by atoms with van der Waals surface area (Å²) in [4.78, 5) is 46.0. The summed E-state index contributed by atoms with van der Waals surface area (Å²) >= 11 is 10.6. The first kappa shape index (κ1) is 71.1. The fourth-order valence-corrected chi connectivity index (χ4v) is 15.5. The fourth-order valence-electron chi connectivity index (χ4n) is 10.5. The van der Waals surface area contributed by atoms with Gasteiger partial charge in [-0.2, -0.15) is 0 Å². The lowest BCUT2D eigenvalue weighted by Gasteiger charge is -2.11. The molecule has 18 nitrogen and oxygen atoms in total. The Labute approximate surface area is 619 Å². The zero-order chi connectivity index (χ0) is 70.0. The van der Waals surface area contributed by atoms with E-state index >= 15 is 0 Å². The molecule has 13 heterocycles. The third-order valence-corrected chi connectivity index (χ3v) is 22.5. The molecule has 0 aliphatic heterocycles. The van der Waals surface area contributed by atoms with Crippen LogP contribution in [0, 0.1) is 0 Å². The summed E-state index contributed by atoms with van der Waals surface area (Å²) in [6, 6.07) is 56.0. The highest BCUT2D eigenvalue weighted by atomic mass is 32.2. The largest absolute Gasteiger partial charge is 0.255 e. The highest BCUT2D eigenvalue weighted by Gasteiger charge is 2.20. The molecule has 24 heteroatoms. The van der Waals surface area contributed by atoms with Gasteiger partial charge in [0.15, 0.2) is 0 Å². The van der Waals surface area contributed by atoms with Crippen molar-refractivity contribution in [2.45, 2.75) is 109 Å². The van der Waals surface area contributed by atoms with Gasteiger partial charge in [0.25, 0.3) is 0 Å². The van der Waals surface area contributed by atoms with Crippen LogP contribution in [0.15, 0.2) is 212 Å². The first-order valence-electron chi connectivity index (χ1n) is 34.1. The van der Waals surface area contributed by atoms with E-state index in [4.69, 9.17) is 80.9 Å². The number of nitrogens with zero attached hydrogens (tertiary/aromatic N) is 18. The Kier molecular flexibility index (Phi) is 24.4. The second-order valence-corrected chi connectivity index (χ2v) is 30.5. The van der Waals surface area contributed by atoms with E-state index in [1.54, 1.807) is 83.0 Å². The molecule has 0 aliphatic rings. The van der Waals surface area contributed by atoms with Gasteiger partial charge in [0.05, 0.1) is 79.7 Å². The Morgan fingerprint density at radius 2 is 0.343 bits per heavy atom. The van der Waals surface area contributed by atoms with E-state index in [1.807, 2.05) is 97.1 Å². The Bertz CT molecular complexity index is 4640. The van der Waals surface area contributed by atoms with Crippen molar-refractivity contribution in [2.24, 2.45) is 0 Å². The summed E-state index contributed by atoms with van der Waals surface area (Å²) in [7, 11) is 0. The maximum Gasteiger partial charge on any atom is 0.111 e. The molecule has 13 rings (SSSR count). The molecule has 13 aromatic rings. The first-order chi connectivity index (χ1) is 50.2. The SMILES string of the molecule is CCCSc1cc(-c2ccccn2)nc(-c2ccc(-c3cc(SCCC)cc(-c4ccc(-c5cc(SCCC)cc(-c6ccc(-c7cc(SCCC)cc(-c8ccc(-c9cc(SCCC)cc(-c%10ccc(-c%11cc(SCCC)cc(-c%12ccccn%12)n%11)nn%10)n9)nn8)n7)nn6)n5)nn4)n3)nn2)c1. The van der Waals surface area contributed by atoms with Gasteiger partial charge in [0.1, 0.15) is 56.9 Å². The number of hydrogen-bond donors (Lipinski definition) is 0. The van der Waals surface area contributed by atoms with Gasteiger partial charge in [-0.1, -0.05) is 53.7 Å². The smallest absolute Gasteiger partial charge is 0.111 e.